The normalized spacial score (nSPS) is 10.1. The van der Waals surface area contributed by atoms with Crippen molar-refractivity contribution in [3.05, 3.63) is 41.6 Å². The molecule has 0 atom stereocenters. The lowest BCUT2D eigenvalue weighted by molar-refractivity contribution is -0.119. The minimum atomic E-state index is -0.553. The van der Waals surface area contributed by atoms with E-state index in [1.807, 2.05) is 6.92 Å². The second-order valence-electron chi connectivity index (χ2n) is 4.36. The quantitative estimate of drug-likeness (QED) is 0.738. The highest BCUT2D eigenvalue weighted by Crippen LogP contribution is 2.15. The molecule has 0 bridgehead atoms. The van der Waals surface area contributed by atoms with E-state index in [1.165, 1.54) is 0 Å². The average Bonchev–Trinajstić information content (AvgIpc) is 2.92. The van der Waals surface area contributed by atoms with Crippen molar-refractivity contribution in [1.29, 1.82) is 0 Å². The van der Waals surface area contributed by atoms with E-state index in [2.05, 4.69) is 15.5 Å². The van der Waals surface area contributed by atoms with Crippen LogP contribution in [0, 0.1) is 0 Å². The lowest BCUT2D eigenvalue weighted by Crippen LogP contribution is -2.20. The molecule has 2 rings (SSSR count). The summed E-state index contributed by atoms with van der Waals surface area (Å²) in [6.07, 6.45) is 2.45. The number of benzene rings is 1. The van der Waals surface area contributed by atoms with Crippen LogP contribution in [0.5, 0.6) is 5.75 Å². The maximum absolute atomic E-state index is 12.1. The van der Waals surface area contributed by atoms with Gasteiger partial charge in [-0.1, -0.05) is 6.92 Å². The topological polar surface area (TPSA) is 110 Å². The number of carbonyl (C=O) groups excluding carboxylic acids is 2. The molecule has 4 N–H and O–H groups in total. The molecule has 2 amide bonds. The average molecular weight is 288 g/mol. The summed E-state index contributed by atoms with van der Waals surface area (Å²) in [6, 6.07) is 6.42. The number of aromatic amines is 1. The molecule has 0 saturated carbocycles. The number of nitrogens with two attached hydrogens (primary N) is 1. The van der Waals surface area contributed by atoms with Crippen LogP contribution in [0.3, 0.4) is 0 Å². The third-order valence-electron chi connectivity index (χ3n) is 2.83. The molecule has 0 saturated heterocycles. The molecule has 2 aromatic rings. The van der Waals surface area contributed by atoms with Crippen LogP contribution in [-0.4, -0.2) is 28.6 Å². The zero-order valence-corrected chi connectivity index (χ0v) is 11.6. The van der Waals surface area contributed by atoms with Crippen LogP contribution in [0.25, 0.3) is 0 Å². The van der Waals surface area contributed by atoms with E-state index in [1.54, 1.807) is 30.5 Å². The van der Waals surface area contributed by atoms with Gasteiger partial charge in [-0.15, -0.1) is 0 Å². The number of amides is 2. The van der Waals surface area contributed by atoms with Gasteiger partial charge in [-0.25, -0.2) is 0 Å². The predicted molar refractivity (Wildman–Crippen MR) is 77.1 cm³/mol. The number of H-pyrrole nitrogens is 1. The number of rotatable bonds is 6. The van der Waals surface area contributed by atoms with E-state index in [0.717, 1.165) is 12.0 Å². The number of aromatic nitrogens is 2. The van der Waals surface area contributed by atoms with Crippen molar-refractivity contribution in [2.75, 3.05) is 11.9 Å². The van der Waals surface area contributed by atoms with Crippen molar-refractivity contribution >= 4 is 17.6 Å². The van der Waals surface area contributed by atoms with Crippen molar-refractivity contribution in [3.8, 4) is 5.75 Å². The van der Waals surface area contributed by atoms with Gasteiger partial charge >= 0.3 is 0 Å². The molecule has 0 radical (unpaired) electrons. The van der Waals surface area contributed by atoms with E-state index >= 15 is 0 Å². The molecule has 0 spiro atoms. The first-order valence-corrected chi connectivity index (χ1v) is 6.45. The fourth-order valence-corrected chi connectivity index (χ4v) is 1.73. The van der Waals surface area contributed by atoms with Crippen LogP contribution in [-0.2, 0) is 11.2 Å². The highest BCUT2D eigenvalue weighted by Gasteiger charge is 2.10. The molecule has 0 fully saturated rings. The fourth-order valence-electron chi connectivity index (χ4n) is 1.73. The van der Waals surface area contributed by atoms with E-state index in [9.17, 15) is 9.59 Å². The number of anilines is 1. The minimum absolute atomic E-state index is 0.195. The Hall–Kier alpha value is -2.83. The Morgan fingerprint density at radius 3 is 2.67 bits per heavy atom. The third-order valence-corrected chi connectivity index (χ3v) is 2.83. The molecule has 1 aromatic carbocycles. The SMILES string of the molecule is CCc1cn[nH]c1NC(=O)c1ccc(OCC(N)=O)cc1. The summed E-state index contributed by atoms with van der Waals surface area (Å²) in [5.74, 6) is 0.260. The Labute approximate surface area is 121 Å². The Morgan fingerprint density at radius 2 is 2.05 bits per heavy atom. The van der Waals surface area contributed by atoms with Crippen molar-refractivity contribution in [3.63, 3.8) is 0 Å². The van der Waals surface area contributed by atoms with Gasteiger partial charge in [-0.2, -0.15) is 5.10 Å². The van der Waals surface area contributed by atoms with Crippen molar-refractivity contribution in [1.82, 2.24) is 10.2 Å². The van der Waals surface area contributed by atoms with Gasteiger partial charge < -0.3 is 15.8 Å². The van der Waals surface area contributed by atoms with Crippen LogP contribution in [0.1, 0.15) is 22.8 Å². The predicted octanol–water partition coefficient (Wildman–Crippen LogP) is 1.09. The molecule has 1 heterocycles. The number of nitrogens with one attached hydrogen (secondary N) is 2. The van der Waals surface area contributed by atoms with E-state index in [4.69, 9.17) is 10.5 Å². The van der Waals surface area contributed by atoms with Gasteiger partial charge in [0.2, 0.25) is 0 Å². The summed E-state index contributed by atoms with van der Waals surface area (Å²) >= 11 is 0. The largest absolute Gasteiger partial charge is 0.484 e. The highest BCUT2D eigenvalue weighted by molar-refractivity contribution is 6.04. The Bertz CT molecular complexity index is 634. The maximum atomic E-state index is 12.1. The molecule has 0 aliphatic carbocycles. The second-order valence-corrected chi connectivity index (χ2v) is 4.36. The molecular weight excluding hydrogens is 272 g/mol. The summed E-state index contributed by atoms with van der Waals surface area (Å²) in [5.41, 5.74) is 6.39. The number of hydrogen-bond donors (Lipinski definition) is 3. The summed E-state index contributed by atoms with van der Waals surface area (Å²) in [5, 5.41) is 9.39. The molecule has 0 aliphatic rings. The first kappa shape index (κ1) is 14.6. The standard InChI is InChI=1S/C14H16N4O3/c1-2-9-7-16-18-13(9)17-14(20)10-3-5-11(6-4-10)21-8-12(15)19/h3-7H,2,8H2,1H3,(H2,15,19)(H2,16,17,18,20). The first-order valence-electron chi connectivity index (χ1n) is 6.45. The minimum Gasteiger partial charge on any atom is -0.484 e. The molecule has 0 unspecified atom stereocenters. The van der Waals surface area contributed by atoms with Gasteiger partial charge in [-0.3, -0.25) is 14.7 Å². The smallest absolute Gasteiger partial charge is 0.256 e. The number of carbonyl (C=O) groups is 2. The number of ether oxygens (including phenoxy) is 1. The van der Waals surface area contributed by atoms with Crippen LogP contribution in [0.4, 0.5) is 5.82 Å². The second kappa shape index (κ2) is 6.56. The number of primary amides is 1. The molecule has 1 aromatic heterocycles. The van der Waals surface area contributed by atoms with Crippen molar-refractivity contribution in [2.45, 2.75) is 13.3 Å². The zero-order valence-electron chi connectivity index (χ0n) is 11.6. The van der Waals surface area contributed by atoms with E-state index in [0.29, 0.717) is 17.1 Å². The summed E-state index contributed by atoms with van der Waals surface area (Å²) < 4.78 is 5.12. The summed E-state index contributed by atoms with van der Waals surface area (Å²) in [4.78, 5) is 22.7. The highest BCUT2D eigenvalue weighted by atomic mass is 16.5. The Kier molecular flexibility index (Phi) is 4.55. The molecule has 21 heavy (non-hydrogen) atoms. The Balaban J connectivity index is 2.01. The molecule has 0 aliphatic heterocycles. The molecule has 7 heteroatoms. The van der Waals surface area contributed by atoms with Gasteiger partial charge in [0.25, 0.3) is 11.8 Å². The van der Waals surface area contributed by atoms with E-state index in [-0.39, 0.29) is 12.5 Å². The lowest BCUT2D eigenvalue weighted by Gasteiger charge is -2.06. The maximum Gasteiger partial charge on any atom is 0.256 e. The third kappa shape index (κ3) is 3.82. The zero-order chi connectivity index (χ0) is 15.2. The summed E-state index contributed by atoms with van der Waals surface area (Å²) in [7, 11) is 0. The van der Waals surface area contributed by atoms with Crippen LogP contribution >= 0.6 is 0 Å². The van der Waals surface area contributed by atoms with Crippen LogP contribution in [0.2, 0.25) is 0 Å². The van der Waals surface area contributed by atoms with Gasteiger partial charge in [0.05, 0.1) is 6.20 Å². The molecule has 110 valence electrons. The lowest BCUT2D eigenvalue weighted by atomic mass is 10.2. The monoisotopic (exact) mass is 288 g/mol. The number of nitrogens with zero attached hydrogens (tertiary/aromatic N) is 1. The Morgan fingerprint density at radius 1 is 1.33 bits per heavy atom. The van der Waals surface area contributed by atoms with Gasteiger partial charge in [0, 0.05) is 11.1 Å². The van der Waals surface area contributed by atoms with Crippen LogP contribution in [0.15, 0.2) is 30.5 Å². The number of hydrogen-bond acceptors (Lipinski definition) is 4. The summed E-state index contributed by atoms with van der Waals surface area (Å²) in [6.45, 7) is 1.78. The number of aryl methyl sites for hydroxylation is 1. The van der Waals surface area contributed by atoms with Gasteiger partial charge in [-0.05, 0) is 30.7 Å². The van der Waals surface area contributed by atoms with Crippen LogP contribution < -0.4 is 15.8 Å². The van der Waals surface area contributed by atoms with E-state index < -0.39 is 5.91 Å². The molecule has 7 nitrogen and oxygen atoms in total. The van der Waals surface area contributed by atoms with Crippen molar-refractivity contribution in [2.24, 2.45) is 5.73 Å². The first-order chi connectivity index (χ1) is 10.1. The van der Waals surface area contributed by atoms with Crippen molar-refractivity contribution < 1.29 is 14.3 Å². The van der Waals surface area contributed by atoms with Gasteiger partial charge in [0.15, 0.2) is 6.61 Å². The fraction of sp³-hybridized carbons (Fsp3) is 0.214. The molecular formula is C14H16N4O3. The van der Waals surface area contributed by atoms with Gasteiger partial charge in [0.1, 0.15) is 11.6 Å².